The van der Waals surface area contributed by atoms with E-state index in [4.69, 9.17) is 11.5 Å². The summed E-state index contributed by atoms with van der Waals surface area (Å²) in [5, 5.41) is 7.44. The smallest absolute Gasteiger partial charge is 0.211 e. The molecule has 126 valence electrons. The van der Waals surface area contributed by atoms with E-state index in [1.807, 2.05) is 25.1 Å². The summed E-state index contributed by atoms with van der Waals surface area (Å²) in [7, 11) is 0. The molecule has 0 aliphatic carbocycles. The molecule has 0 aliphatic heterocycles. The number of aromatic nitrogens is 1. The molecule has 0 saturated carbocycles. The standard InChI is InChI=1S/C18H16FN5O/c1-11-14(10-22-23-18(20)21)15-4-2-3-9-24(15)16(11)17(25)12-5-7-13(19)8-6-12/h2-10H,1H3,(H4,20,21,23)/b22-10+. The highest BCUT2D eigenvalue weighted by Crippen LogP contribution is 2.24. The molecule has 7 heteroatoms. The zero-order chi connectivity index (χ0) is 18.0. The highest BCUT2D eigenvalue weighted by atomic mass is 19.1. The average Bonchev–Trinajstić information content (AvgIpc) is 2.87. The van der Waals surface area contributed by atoms with E-state index in [0.717, 1.165) is 16.6 Å². The normalized spacial score (nSPS) is 11.1. The minimum absolute atomic E-state index is 0.153. The zero-order valence-electron chi connectivity index (χ0n) is 13.5. The van der Waals surface area contributed by atoms with Gasteiger partial charge >= 0.3 is 0 Å². The lowest BCUT2D eigenvalue weighted by Gasteiger charge is -2.04. The second-order valence-electron chi connectivity index (χ2n) is 5.45. The van der Waals surface area contributed by atoms with E-state index in [2.05, 4.69) is 10.2 Å². The van der Waals surface area contributed by atoms with Gasteiger partial charge in [0.25, 0.3) is 0 Å². The molecular formula is C18H16FN5O. The number of guanidine groups is 1. The molecule has 0 spiro atoms. The summed E-state index contributed by atoms with van der Waals surface area (Å²) in [5.74, 6) is -0.751. The fraction of sp³-hybridized carbons (Fsp3) is 0.0556. The van der Waals surface area contributed by atoms with Crippen molar-refractivity contribution in [3.8, 4) is 0 Å². The van der Waals surface area contributed by atoms with Crippen molar-refractivity contribution < 1.29 is 9.18 Å². The van der Waals surface area contributed by atoms with Crippen LogP contribution in [0.15, 0.2) is 58.9 Å². The van der Waals surface area contributed by atoms with E-state index < -0.39 is 5.82 Å². The predicted octanol–water partition coefficient (Wildman–Crippen LogP) is 2.23. The second-order valence-corrected chi connectivity index (χ2v) is 5.45. The summed E-state index contributed by atoms with van der Waals surface area (Å²) in [6.45, 7) is 1.82. The van der Waals surface area contributed by atoms with Crippen LogP contribution in [0.4, 0.5) is 4.39 Å². The first kappa shape index (κ1) is 16.4. The summed E-state index contributed by atoms with van der Waals surface area (Å²) in [5.41, 5.74) is 13.7. The minimum atomic E-state index is -0.390. The van der Waals surface area contributed by atoms with Crippen molar-refractivity contribution in [3.63, 3.8) is 0 Å². The second kappa shape index (κ2) is 6.56. The molecule has 0 atom stereocenters. The quantitative estimate of drug-likeness (QED) is 0.330. The van der Waals surface area contributed by atoms with Gasteiger partial charge in [-0.1, -0.05) is 6.07 Å². The first-order valence-electron chi connectivity index (χ1n) is 7.51. The first-order chi connectivity index (χ1) is 12.0. The summed E-state index contributed by atoms with van der Waals surface area (Å²) >= 11 is 0. The van der Waals surface area contributed by atoms with Gasteiger partial charge < -0.3 is 15.9 Å². The average molecular weight is 337 g/mol. The Balaban J connectivity index is 2.17. The molecule has 0 aliphatic rings. The fourth-order valence-electron chi connectivity index (χ4n) is 2.69. The number of rotatable bonds is 4. The van der Waals surface area contributed by atoms with Crippen LogP contribution in [0.5, 0.6) is 0 Å². The van der Waals surface area contributed by atoms with Gasteiger partial charge in [0.05, 0.1) is 17.4 Å². The van der Waals surface area contributed by atoms with Crippen LogP contribution in [0, 0.1) is 12.7 Å². The lowest BCUT2D eigenvalue weighted by molar-refractivity contribution is 0.103. The fourth-order valence-corrected chi connectivity index (χ4v) is 2.69. The third-order valence-corrected chi connectivity index (χ3v) is 3.82. The summed E-state index contributed by atoms with van der Waals surface area (Å²) in [6, 6.07) is 11.0. The maximum Gasteiger partial charge on any atom is 0.211 e. The Bertz CT molecular complexity index is 998. The zero-order valence-corrected chi connectivity index (χ0v) is 13.5. The number of carbonyl (C=O) groups excluding carboxylic acids is 1. The van der Waals surface area contributed by atoms with Crippen LogP contribution in [0.2, 0.25) is 0 Å². The Morgan fingerprint density at radius 3 is 2.56 bits per heavy atom. The largest absolute Gasteiger partial charge is 0.369 e. The molecular weight excluding hydrogens is 321 g/mol. The molecule has 3 rings (SSSR count). The van der Waals surface area contributed by atoms with Crippen LogP contribution in [0.3, 0.4) is 0 Å². The lowest BCUT2D eigenvalue weighted by Crippen LogP contribution is -2.21. The Labute approximate surface area is 143 Å². The van der Waals surface area contributed by atoms with Gasteiger partial charge in [0.15, 0.2) is 0 Å². The number of pyridine rings is 1. The molecule has 2 aromatic heterocycles. The Morgan fingerprint density at radius 2 is 1.88 bits per heavy atom. The van der Waals surface area contributed by atoms with Gasteiger partial charge in [0.1, 0.15) is 5.82 Å². The molecule has 2 heterocycles. The predicted molar refractivity (Wildman–Crippen MR) is 95.4 cm³/mol. The maximum absolute atomic E-state index is 13.1. The van der Waals surface area contributed by atoms with E-state index in [-0.39, 0.29) is 11.7 Å². The van der Waals surface area contributed by atoms with Gasteiger partial charge in [0.2, 0.25) is 11.7 Å². The third-order valence-electron chi connectivity index (χ3n) is 3.82. The molecule has 25 heavy (non-hydrogen) atoms. The van der Waals surface area contributed by atoms with Crippen LogP contribution < -0.4 is 11.5 Å². The molecule has 0 unspecified atom stereocenters. The van der Waals surface area contributed by atoms with Crippen molar-refractivity contribution in [1.29, 1.82) is 0 Å². The number of benzene rings is 1. The highest BCUT2D eigenvalue weighted by molar-refractivity contribution is 6.11. The van der Waals surface area contributed by atoms with Crippen LogP contribution in [0.1, 0.15) is 27.2 Å². The van der Waals surface area contributed by atoms with E-state index >= 15 is 0 Å². The SMILES string of the molecule is Cc1c(/C=N/N=C(N)N)c2ccccn2c1C(=O)c1ccc(F)cc1. The van der Waals surface area contributed by atoms with Gasteiger partial charge in [0, 0.05) is 17.3 Å². The van der Waals surface area contributed by atoms with Crippen LogP contribution in [0.25, 0.3) is 5.52 Å². The molecule has 3 aromatic rings. The molecule has 1 aromatic carbocycles. The maximum atomic E-state index is 13.1. The third kappa shape index (κ3) is 3.12. The van der Waals surface area contributed by atoms with Gasteiger partial charge in [-0.15, -0.1) is 5.10 Å². The number of hydrogen-bond acceptors (Lipinski definition) is 3. The number of halogens is 1. The summed E-state index contributed by atoms with van der Waals surface area (Å²) < 4.78 is 14.9. The van der Waals surface area contributed by atoms with Gasteiger partial charge in [-0.05, 0) is 48.9 Å². The van der Waals surface area contributed by atoms with E-state index in [0.29, 0.717) is 11.3 Å². The first-order valence-corrected chi connectivity index (χ1v) is 7.51. The van der Waals surface area contributed by atoms with Crippen molar-refractivity contribution in [2.75, 3.05) is 0 Å². The summed E-state index contributed by atoms with van der Waals surface area (Å²) in [4.78, 5) is 12.9. The molecule has 0 radical (unpaired) electrons. The Kier molecular flexibility index (Phi) is 4.30. The van der Waals surface area contributed by atoms with Crippen molar-refractivity contribution >= 4 is 23.5 Å². The van der Waals surface area contributed by atoms with Gasteiger partial charge in [-0.25, -0.2) is 4.39 Å². The highest BCUT2D eigenvalue weighted by Gasteiger charge is 2.20. The topological polar surface area (TPSA) is 98.2 Å². The number of carbonyl (C=O) groups is 1. The molecule has 4 N–H and O–H groups in total. The van der Waals surface area contributed by atoms with Crippen LogP contribution in [-0.2, 0) is 0 Å². The van der Waals surface area contributed by atoms with Crippen molar-refractivity contribution in [3.05, 3.63) is 76.9 Å². The molecule has 0 fully saturated rings. The van der Waals surface area contributed by atoms with Gasteiger partial charge in [-0.2, -0.15) is 5.10 Å². The van der Waals surface area contributed by atoms with Crippen molar-refractivity contribution in [2.24, 2.45) is 21.7 Å². The Hall–Kier alpha value is -3.48. The number of ketones is 1. The number of nitrogens with zero attached hydrogens (tertiary/aromatic N) is 3. The number of hydrogen-bond donors (Lipinski definition) is 2. The van der Waals surface area contributed by atoms with Crippen molar-refractivity contribution in [2.45, 2.75) is 6.92 Å². The molecule has 6 nitrogen and oxygen atoms in total. The van der Waals surface area contributed by atoms with E-state index in [1.54, 1.807) is 10.6 Å². The van der Waals surface area contributed by atoms with E-state index in [9.17, 15) is 9.18 Å². The minimum Gasteiger partial charge on any atom is -0.369 e. The number of nitrogens with two attached hydrogens (primary N) is 2. The number of fused-ring (bicyclic) bond motifs is 1. The van der Waals surface area contributed by atoms with E-state index in [1.165, 1.54) is 30.5 Å². The summed E-state index contributed by atoms with van der Waals surface area (Å²) in [6.07, 6.45) is 3.29. The lowest BCUT2D eigenvalue weighted by atomic mass is 10.0. The van der Waals surface area contributed by atoms with Crippen LogP contribution in [-0.4, -0.2) is 22.4 Å². The Morgan fingerprint density at radius 1 is 1.16 bits per heavy atom. The molecule has 0 saturated heterocycles. The van der Waals surface area contributed by atoms with Crippen LogP contribution >= 0.6 is 0 Å². The van der Waals surface area contributed by atoms with Crippen molar-refractivity contribution in [1.82, 2.24) is 4.40 Å². The monoisotopic (exact) mass is 337 g/mol. The molecule has 0 amide bonds. The van der Waals surface area contributed by atoms with Gasteiger partial charge in [-0.3, -0.25) is 4.79 Å². The molecule has 0 bridgehead atoms.